The number of halogens is 2. The minimum atomic E-state index is -0.238. The summed E-state index contributed by atoms with van der Waals surface area (Å²) in [5, 5.41) is 11.8. The number of furan rings is 1. The van der Waals surface area contributed by atoms with E-state index in [-0.39, 0.29) is 11.2 Å². The first kappa shape index (κ1) is 19.9. The fraction of sp³-hybridized carbons (Fsp3) is 0.0952. The number of hydrogen-bond donors (Lipinski definition) is 1. The van der Waals surface area contributed by atoms with Crippen LogP contribution in [0.1, 0.15) is 11.3 Å². The van der Waals surface area contributed by atoms with E-state index in [1.807, 2.05) is 60.7 Å². The van der Waals surface area contributed by atoms with Gasteiger partial charge in [0.2, 0.25) is 5.91 Å². The first-order valence-corrected chi connectivity index (χ1v) is 10.8. The van der Waals surface area contributed by atoms with Crippen LogP contribution in [0.3, 0.4) is 0 Å². The molecular formula is C21H15BrClN3O2S. The van der Waals surface area contributed by atoms with Crippen molar-refractivity contribution < 1.29 is 9.21 Å². The van der Waals surface area contributed by atoms with Crippen LogP contribution in [0.2, 0.25) is 5.02 Å². The zero-order valence-corrected chi connectivity index (χ0v) is 18.2. The number of thioether (sulfide) groups is 1. The molecule has 1 N–H and O–H groups in total. The first-order chi connectivity index (χ1) is 14.1. The van der Waals surface area contributed by atoms with Crippen LogP contribution in [-0.2, 0) is 11.2 Å². The third-order valence-corrected chi connectivity index (χ3v) is 6.05. The Morgan fingerprint density at radius 1 is 1.10 bits per heavy atom. The summed E-state index contributed by atoms with van der Waals surface area (Å²) >= 11 is 10.7. The number of carbonyl (C=O) groups is 1. The number of amides is 1. The van der Waals surface area contributed by atoms with E-state index in [0.29, 0.717) is 22.4 Å². The molecule has 0 bridgehead atoms. The lowest BCUT2D eigenvalue weighted by atomic mass is 10.1. The maximum atomic E-state index is 12.2. The van der Waals surface area contributed by atoms with Crippen molar-refractivity contribution in [1.29, 1.82) is 0 Å². The predicted octanol–water partition coefficient (Wildman–Crippen LogP) is 5.53. The molecule has 1 atom stereocenters. The van der Waals surface area contributed by atoms with Gasteiger partial charge in [0.05, 0.1) is 11.5 Å². The summed E-state index contributed by atoms with van der Waals surface area (Å²) in [6.07, 6.45) is 2.12. The Bertz CT molecular complexity index is 1080. The SMILES string of the molecule is O=C1N/C(=N\N=C\c2ccc(-c3ccc(Br)cc3)o2)SC1Cc1ccc(Cl)cc1. The van der Waals surface area contributed by atoms with Crippen molar-refractivity contribution in [3.8, 4) is 11.3 Å². The van der Waals surface area contributed by atoms with Gasteiger partial charge in [0.25, 0.3) is 0 Å². The molecule has 0 aliphatic carbocycles. The van der Waals surface area contributed by atoms with E-state index in [9.17, 15) is 4.79 Å². The van der Waals surface area contributed by atoms with Crippen molar-refractivity contribution in [1.82, 2.24) is 5.32 Å². The number of benzene rings is 2. The van der Waals surface area contributed by atoms with Crippen LogP contribution in [0, 0.1) is 0 Å². The largest absolute Gasteiger partial charge is 0.455 e. The van der Waals surface area contributed by atoms with Gasteiger partial charge >= 0.3 is 0 Å². The average Bonchev–Trinajstić information content (AvgIpc) is 3.31. The Hall–Kier alpha value is -2.35. The van der Waals surface area contributed by atoms with E-state index in [2.05, 4.69) is 31.4 Å². The van der Waals surface area contributed by atoms with Gasteiger partial charge in [0.1, 0.15) is 11.5 Å². The molecule has 5 nitrogen and oxygen atoms in total. The van der Waals surface area contributed by atoms with Gasteiger partial charge < -0.3 is 9.73 Å². The van der Waals surface area contributed by atoms with Crippen LogP contribution in [0.15, 0.2) is 79.8 Å². The van der Waals surface area contributed by atoms with Gasteiger partial charge in [0.15, 0.2) is 5.17 Å². The van der Waals surface area contributed by atoms with Crippen LogP contribution < -0.4 is 5.32 Å². The molecule has 0 radical (unpaired) electrons. The topological polar surface area (TPSA) is 67.0 Å². The number of hydrogen-bond acceptors (Lipinski definition) is 5. The van der Waals surface area contributed by atoms with Gasteiger partial charge in [-0.05, 0) is 48.4 Å². The molecule has 8 heteroatoms. The molecule has 1 fully saturated rings. The molecule has 4 rings (SSSR count). The van der Waals surface area contributed by atoms with Crippen LogP contribution in [0.25, 0.3) is 11.3 Å². The summed E-state index contributed by atoms with van der Waals surface area (Å²) in [6.45, 7) is 0. The maximum Gasteiger partial charge on any atom is 0.239 e. The van der Waals surface area contributed by atoms with Gasteiger partial charge in [-0.25, -0.2) is 0 Å². The first-order valence-electron chi connectivity index (χ1n) is 8.75. The lowest BCUT2D eigenvalue weighted by Gasteiger charge is -2.05. The third-order valence-electron chi connectivity index (χ3n) is 4.20. The highest BCUT2D eigenvalue weighted by atomic mass is 79.9. The zero-order valence-electron chi connectivity index (χ0n) is 15.0. The second-order valence-corrected chi connectivity index (χ2v) is 8.83. The van der Waals surface area contributed by atoms with Gasteiger partial charge in [0, 0.05) is 15.1 Å². The highest BCUT2D eigenvalue weighted by Gasteiger charge is 2.30. The van der Waals surface area contributed by atoms with Gasteiger partial charge in [-0.2, -0.15) is 5.10 Å². The minimum Gasteiger partial charge on any atom is -0.455 e. The van der Waals surface area contributed by atoms with Gasteiger partial charge in [-0.1, -0.05) is 63.6 Å². The van der Waals surface area contributed by atoms with Crippen LogP contribution in [0.5, 0.6) is 0 Å². The summed E-state index contributed by atoms with van der Waals surface area (Å²) < 4.78 is 6.78. The van der Waals surface area contributed by atoms with Crippen molar-refractivity contribution in [2.24, 2.45) is 10.2 Å². The highest BCUT2D eigenvalue weighted by Crippen LogP contribution is 2.25. The molecule has 29 heavy (non-hydrogen) atoms. The minimum absolute atomic E-state index is 0.0746. The van der Waals surface area contributed by atoms with Crippen LogP contribution in [0.4, 0.5) is 0 Å². The van der Waals surface area contributed by atoms with Crippen LogP contribution in [-0.4, -0.2) is 22.5 Å². The molecule has 0 saturated carbocycles. The van der Waals surface area contributed by atoms with Crippen molar-refractivity contribution in [2.45, 2.75) is 11.7 Å². The average molecular weight is 489 g/mol. The molecule has 2 aromatic carbocycles. The van der Waals surface area contributed by atoms with Crippen LogP contribution >= 0.6 is 39.3 Å². The smallest absolute Gasteiger partial charge is 0.239 e. The molecule has 2 heterocycles. The van der Waals surface area contributed by atoms with Gasteiger partial charge in [-0.3, -0.25) is 4.79 Å². The molecule has 1 aliphatic heterocycles. The lowest BCUT2D eigenvalue weighted by Crippen LogP contribution is -2.25. The van der Waals surface area contributed by atoms with E-state index < -0.39 is 0 Å². The van der Waals surface area contributed by atoms with E-state index in [1.54, 1.807) is 0 Å². The number of carbonyl (C=O) groups excluding carboxylic acids is 1. The van der Waals surface area contributed by atoms with E-state index >= 15 is 0 Å². The monoisotopic (exact) mass is 487 g/mol. The van der Waals surface area contributed by atoms with Gasteiger partial charge in [-0.15, -0.1) is 5.10 Å². The molecule has 1 unspecified atom stereocenters. The fourth-order valence-electron chi connectivity index (χ4n) is 2.75. The van der Waals surface area contributed by atoms with E-state index in [4.69, 9.17) is 16.0 Å². The Kier molecular flexibility index (Phi) is 6.18. The second kappa shape index (κ2) is 8.98. The second-order valence-electron chi connectivity index (χ2n) is 6.28. The molecule has 1 saturated heterocycles. The summed E-state index contributed by atoms with van der Waals surface area (Å²) in [5.41, 5.74) is 2.02. The standard InChI is InChI=1S/C21H15BrClN3O2S/c22-15-5-3-14(4-6-15)18-10-9-17(28-18)12-24-26-21-25-20(27)19(29-21)11-13-1-7-16(23)8-2-13/h1-10,12,19H,11H2,(H,25,26,27)/b24-12+. The fourth-order valence-corrected chi connectivity index (χ4v) is 4.11. The van der Waals surface area contributed by atoms with Crippen molar-refractivity contribution in [2.75, 3.05) is 0 Å². The molecule has 1 aromatic heterocycles. The predicted molar refractivity (Wildman–Crippen MR) is 122 cm³/mol. The third kappa shape index (κ3) is 5.18. The molecule has 1 amide bonds. The zero-order chi connectivity index (χ0) is 20.2. The van der Waals surface area contributed by atoms with Crippen molar-refractivity contribution in [3.63, 3.8) is 0 Å². The molecular weight excluding hydrogens is 474 g/mol. The normalized spacial score (nSPS) is 17.9. The number of nitrogens with one attached hydrogen (secondary N) is 1. The number of rotatable bonds is 5. The molecule has 146 valence electrons. The Morgan fingerprint density at radius 3 is 2.62 bits per heavy atom. The number of amidine groups is 1. The quantitative estimate of drug-likeness (QED) is 0.379. The Balaban J connectivity index is 1.38. The number of nitrogens with zero attached hydrogens (tertiary/aromatic N) is 2. The van der Waals surface area contributed by atoms with Crippen molar-refractivity contribution in [3.05, 3.63) is 81.5 Å². The summed E-state index contributed by atoms with van der Waals surface area (Å²) in [5.74, 6) is 1.26. The summed E-state index contributed by atoms with van der Waals surface area (Å²) in [7, 11) is 0. The Labute approximate surface area is 185 Å². The van der Waals surface area contributed by atoms with E-state index in [1.165, 1.54) is 18.0 Å². The summed E-state index contributed by atoms with van der Waals surface area (Å²) in [4.78, 5) is 12.2. The highest BCUT2D eigenvalue weighted by molar-refractivity contribution is 9.10. The molecule has 0 spiro atoms. The molecule has 3 aromatic rings. The lowest BCUT2D eigenvalue weighted by molar-refractivity contribution is -0.118. The Morgan fingerprint density at radius 2 is 1.86 bits per heavy atom. The van der Waals surface area contributed by atoms with Crippen molar-refractivity contribution >= 4 is 56.6 Å². The maximum absolute atomic E-state index is 12.2. The molecule has 1 aliphatic rings. The summed E-state index contributed by atoms with van der Waals surface area (Å²) in [6, 6.07) is 19.0. The van der Waals surface area contributed by atoms with E-state index in [0.717, 1.165) is 21.4 Å².